The van der Waals surface area contributed by atoms with Crippen molar-refractivity contribution in [1.29, 1.82) is 0 Å². The summed E-state index contributed by atoms with van der Waals surface area (Å²) in [7, 11) is 0. The molecule has 0 aromatic carbocycles. The number of hydrogen-bond donors (Lipinski definition) is 1. The second kappa shape index (κ2) is 9.48. The summed E-state index contributed by atoms with van der Waals surface area (Å²) in [5, 5.41) is 13.2. The minimum Gasteiger partial charge on any atom is -0.459 e. The maximum Gasteiger partial charge on any atom is 0.283 e. The largest absolute Gasteiger partial charge is 0.459 e. The molecule has 0 saturated carbocycles. The van der Waals surface area contributed by atoms with Crippen LogP contribution in [-0.2, 0) is 17.8 Å². The van der Waals surface area contributed by atoms with Crippen molar-refractivity contribution in [2.75, 3.05) is 13.1 Å². The van der Waals surface area contributed by atoms with Crippen LogP contribution in [0.25, 0.3) is 11.7 Å². The number of nitrogens with one attached hydrogen (secondary N) is 1. The van der Waals surface area contributed by atoms with Gasteiger partial charge in [0, 0.05) is 11.4 Å². The lowest BCUT2D eigenvalue weighted by molar-refractivity contribution is -0.126. The Morgan fingerprint density at radius 3 is 2.93 bits per heavy atom. The fraction of sp³-hybridized carbons (Fsp3) is 0.421. The van der Waals surface area contributed by atoms with Gasteiger partial charge < -0.3 is 14.2 Å². The van der Waals surface area contributed by atoms with E-state index in [1.54, 1.807) is 29.7 Å². The van der Waals surface area contributed by atoms with Crippen LogP contribution in [0.2, 0.25) is 0 Å². The molecule has 0 saturated heterocycles. The number of hydrogen-bond acceptors (Lipinski definition) is 7. The second-order valence-corrected chi connectivity index (χ2v) is 7.28. The summed E-state index contributed by atoms with van der Waals surface area (Å²) in [5.74, 6) is 1.36. The van der Waals surface area contributed by atoms with Gasteiger partial charge in [-0.15, -0.1) is 21.5 Å². The van der Waals surface area contributed by atoms with Crippen molar-refractivity contribution in [3.8, 4) is 11.7 Å². The Bertz CT molecular complexity index is 814. The molecule has 0 aliphatic rings. The van der Waals surface area contributed by atoms with E-state index in [-0.39, 0.29) is 11.9 Å². The molecule has 0 unspecified atom stereocenters. The van der Waals surface area contributed by atoms with E-state index in [9.17, 15) is 4.79 Å². The monoisotopic (exact) mass is 388 g/mol. The number of thiophene rings is 1. The molecule has 3 heterocycles. The van der Waals surface area contributed by atoms with Gasteiger partial charge in [-0.3, -0.25) is 9.69 Å². The Kier molecular flexibility index (Phi) is 6.78. The molecule has 3 aromatic rings. The highest BCUT2D eigenvalue weighted by molar-refractivity contribution is 7.09. The standard InChI is InChI=1S/C19H24N4O3S/c1-3-10-23(13-17-21-22-19(26-17)16-7-4-11-25-16)14(2)18(24)20-9-8-15-6-5-12-27-15/h4-7,11-12,14H,3,8-10,13H2,1-2H3,(H,20,24)/t14-/m1/s1. The third-order valence-electron chi connectivity index (χ3n) is 4.23. The number of amides is 1. The first-order chi connectivity index (χ1) is 13.2. The lowest BCUT2D eigenvalue weighted by atomic mass is 10.2. The zero-order valence-corrected chi connectivity index (χ0v) is 16.4. The van der Waals surface area contributed by atoms with Gasteiger partial charge in [0.15, 0.2) is 5.76 Å². The van der Waals surface area contributed by atoms with Crippen LogP contribution in [0, 0.1) is 0 Å². The molecule has 3 aromatic heterocycles. The summed E-state index contributed by atoms with van der Waals surface area (Å²) in [4.78, 5) is 15.8. The molecule has 1 amide bonds. The van der Waals surface area contributed by atoms with Crippen LogP contribution in [0.4, 0.5) is 0 Å². The lowest BCUT2D eigenvalue weighted by Gasteiger charge is -2.26. The third-order valence-corrected chi connectivity index (χ3v) is 5.16. The van der Waals surface area contributed by atoms with Crippen LogP contribution >= 0.6 is 11.3 Å². The minimum atomic E-state index is -0.285. The van der Waals surface area contributed by atoms with Crippen molar-refractivity contribution >= 4 is 17.2 Å². The molecule has 144 valence electrons. The van der Waals surface area contributed by atoms with E-state index >= 15 is 0 Å². The van der Waals surface area contributed by atoms with Gasteiger partial charge in [-0.2, -0.15) is 0 Å². The SMILES string of the molecule is CCCN(Cc1nnc(-c2ccco2)o1)[C@H](C)C(=O)NCCc1cccs1. The first kappa shape index (κ1) is 19.3. The topological polar surface area (TPSA) is 84.4 Å². The Balaban J connectivity index is 1.56. The first-order valence-corrected chi connectivity index (χ1v) is 9.95. The first-order valence-electron chi connectivity index (χ1n) is 9.07. The highest BCUT2D eigenvalue weighted by Crippen LogP contribution is 2.19. The molecule has 7 nitrogen and oxygen atoms in total. The van der Waals surface area contributed by atoms with Crippen molar-refractivity contribution in [2.24, 2.45) is 0 Å². The minimum absolute atomic E-state index is 0.00535. The molecule has 0 aliphatic heterocycles. The normalized spacial score (nSPS) is 12.4. The van der Waals surface area contributed by atoms with Crippen LogP contribution in [0.3, 0.4) is 0 Å². The van der Waals surface area contributed by atoms with Crippen molar-refractivity contribution in [3.05, 3.63) is 46.7 Å². The molecule has 0 spiro atoms. The smallest absolute Gasteiger partial charge is 0.283 e. The Hall–Kier alpha value is -2.45. The van der Waals surface area contributed by atoms with E-state index in [4.69, 9.17) is 8.83 Å². The summed E-state index contributed by atoms with van der Waals surface area (Å²) in [5.41, 5.74) is 0. The van der Waals surface area contributed by atoms with E-state index < -0.39 is 0 Å². The van der Waals surface area contributed by atoms with Crippen molar-refractivity contribution in [1.82, 2.24) is 20.4 Å². The average Bonchev–Trinajstić information content (AvgIpc) is 3.42. The van der Waals surface area contributed by atoms with Crippen LogP contribution in [0.15, 0.2) is 44.7 Å². The molecule has 1 atom stereocenters. The van der Waals surface area contributed by atoms with Crippen molar-refractivity contribution < 1.29 is 13.6 Å². The van der Waals surface area contributed by atoms with E-state index in [2.05, 4.69) is 28.5 Å². The van der Waals surface area contributed by atoms with Gasteiger partial charge in [-0.05, 0) is 49.9 Å². The molecule has 27 heavy (non-hydrogen) atoms. The highest BCUT2D eigenvalue weighted by Gasteiger charge is 2.23. The summed E-state index contributed by atoms with van der Waals surface area (Å²) < 4.78 is 10.9. The molecule has 1 N–H and O–H groups in total. The maximum atomic E-state index is 12.5. The van der Waals surface area contributed by atoms with Crippen LogP contribution in [0.1, 0.15) is 31.0 Å². The van der Waals surface area contributed by atoms with E-state index in [0.29, 0.717) is 30.6 Å². The van der Waals surface area contributed by atoms with Gasteiger partial charge >= 0.3 is 0 Å². The number of nitrogens with zero attached hydrogens (tertiary/aromatic N) is 3. The quantitative estimate of drug-likeness (QED) is 0.573. The van der Waals surface area contributed by atoms with Crippen LogP contribution < -0.4 is 5.32 Å². The average molecular weight is 388 g/mol. The molecule has 0 fully saturated rings. The Morgan fingerprint density at radius 2 is 2.22 bits per heavy atom. The highest BCUT2D eigenvalue weighted by atomic mass is 32.1. The van der Waals surface area contributed by atoms with E-state index in [1.807, 2.05) is 23.3 Å². The van der Waals surface area contributed by atoms with Gasteiger partial charge in [0.25, 0.3) is 5.89 Å². The number of aromatic nitrogens is 2. The second-order valence-electron chi connectivity index (χ2n) is 6.25. The number of carbonyl (C=O) groups excluding carboxylic acids is 1. The van der Waals surface area contributed by atoms with Gasteiger partial charge in [-0.25, -0.2) is 0 Å². The fourth-order valence-electron chi connectivity index (χ4n) is 2.77. The molecular formula is C19H24N4O3S. The molecule has 0 aliphatic carbocycles. The Labute approximate surface area is 162 Å². The fourth-order valence-corrected chi connectivity index (χ4v) is 3.47. The number of rotatable bonds is 10. The third kappa shape index (κ3) is 5.27. The van der Waals surface area contributed by atoms with Crippen molar-refractivity contribution in [2.45, 2.75) is 39.3 Å². The molecule has 3 rings (SSSR count). The summed E-state index contributed by atoms with van der Waals surface area (Å²) in [6.07, 6.45) is 3.33. The molecule has 8 heteroatoms. The molecular weight excluding hydrogens is 364 g/mol. The van der Waals surface area contributed by atoms with Gasteiger partial charge in [0.2, 0.25) is 11.8 Å². The van der Waals surface area contributed by atoms with E-state index in [1.165, 1.54) is 4.88 Å². The molecule has 0 bridgehead atoms. The number of furan rings is 1. The van der Waals surface area contributed by atoms with Crippen molar-refractivity contribution in [3.63, 3.8) is 0 Å². The summed E-state index contributed by atoms with van der Waals surface area (Å²) in [6.45, 7) is 5.79. The Morgan fingerprint density at radius 1 is 1.33 bits per heavy atom. The maximum absolute atomic E-state index is 12.5. The lowest BCUT2D eigenvalue weighted by Crippen LogP contribution is -2.45. The van der Waals surface area contributed by atoms with Crippen LogP contribution in [-0.4, -0.2) is 40.1 Å². The summed E-state index contributed by atoms with van der Waals surface area (Å²) >= 11 is 1.70. The zero-order valence-electron chi connectivity index (χ0n) is 15.6. The predicted molar refractivity (Wildman–Crippen MR) is 103 cm³/mol. The molecule has 0 radical (unpaired) electrons. The van der Waals surface area contributed by atoms with Gasteiger partial charge in [-0.1, -0.05) is 13.0 Å². The zero-order chi connectivity index (χ0) is 19.1. The van der Waals surface area contributed by atoms with Gasteiger partial charge in [0.1, 0.15) is 0 Å². The summed E-state index contributed by atoms with van der Waals surface area (Å²) in [6, 6.07) is 7.35. The predicted octanol–water partition coefficient (Wildman–Crippen LogP) is 3.35. The van der Waals surface area contributed by atoms with Crippen LogP contribution in [0.5, 0.6) is 0 Å². The van der Waals surface area contributed by atoms with E-state index in [0.717, 1.165) is 19.4 Å². The number of carbonyl (C=O) groups is 1. The van der Waals surface area contributed by atoms with Gasteiger partial charge in [0.05, 0.1) is 18.8 Å².